The molecule has 12 heteroatoms. The number of benzene rings is 3. The molecule has 1 unspecified atom stereocenters. The van der Waals surface area contributed by atoms with E-state index >= 15 is 4.39 Å². The molecule has 3 aromatic carbocycles. The molecule has 0 radical (unpaired) electrons. The monoisotopic (exact) mass is 565 g/mol. The standard InChI is InChI=1S/C29H26F3N5O4/c1-16(38)35-20-12-10-18(11-13-20)21-4-2-3-5-22(21)29(32,27(30)31)41-25-15-24(36-28(34)37-25)19-8-6-17(7-9-19)14-23(33)26(39)40/h2-13,15,23,27H,14,33H2,1H3,(H,35,38)(H,39,40)(H2,34,36,37)/t23-,29?/m0/s1. The number of anilines is 2. The second kappa shape index (κ2) is 12.0. The lowest BCUT2D eigenvalue weighted by Gasteiger charge is -2.27. The van der Waals surface area contributed by atoms with Crippen LogP contribution in [0.25, 0.3) is 22.4 Å². The summed E-state index contributed by atoms with van der Waals surface area (Å²) in [6.45, 7) is 1.35. The highest BCUT2D eigenvalue weighted by Crippen LogP contribution is 2.41. The summed E-state index contributed by atoms with van der Waals surface area (Å²) in [6.07, 6.45) is -3.54. The Hall–Kier alpha value is -4.97. The summed E-state index contributed by atoms with van der Waals surface area (Å²) in [6, 6.07) is 18.4. The number of ether oxygens (including phenoxy) is 1. The van der Waals surface area contributed by atoms with E-state index in [4.69, 9.17) is 21.3 Å². The number of aliphatic carboxylic acids is 1. The van der Waals surface area contributed by atoms with Crippen molar-refractivity contribution in [3.05, 3.63) is 90.0 Å². The molecule has 9 nitrogen and oxygen atoms in total. The number of rotatable bonds is 10. The van der Waals surface area contributed by atoms with Crippen LogP contribution >= 0.6 is 0 Å². The fourth-order valence-corrected chi connectivity index (χ4v) is 4.13. The lowest BCUT2D eigenvalue weighted by molar-refractivity contribution is -0.175. The molecule has 4 aromatic rings. The number of carboxylic acid groups (broad SMARTS) is 1. The SMILES string of the molecule is CC(=O)Nc1ccc(-c2ccccc2C(F)(Oc2cc(-c3ccc(C[C@H](N)C(=O)O)cc3)nc(N)n2)C(F)F)cc1. The third-order valence-electron chi connectivity index (χ3n) is 6.09. The minimum absolute atomic E-state index is 0.0873. The second-order valence-corrected chi connectivity index (χ2v) is 9.15. The van der Waals surface area contributed by atoms with Gasteiger partial charge < -0.3 is 26.6 Å². The molecule has 1 amide bonds. The minimum Gasteiger partial charge on any atom is -0.480 e. The molecule has 0 aliphatic heterocycles. The van der Waals surface area contributed by atoms with Gasteiger partial charge in [-0.05, 0) is 35.2 Å². The summed E-state index contributed by atoms with van der Waals surface area (Å²) < 4.78 is 50.3. The first-order chi connectivity index (χ1) is 19.5. The van der Waals surface area contributed by atoms with Crippen LogP contribution in [-0.2, 0) is 21.9 Å². The van der Waals surface area contributed by atoms with Gasteiger partial charge in [-0.25, -0.2) is 13.8 Å². The average Bonchev–Trinajstić information content (AvgIpc) is 2.93. The number of carboxylic acids is 1. The molecule has 0 saturated carbocycles. The van der Waals surface area contributed by atoms with Gasteiger partial charge in [-0.15, -0.1) is 0 Å². The number of carbonyl (C=O) groups excluding carboxylic acids is 1. The van der Waals surface area contributed by atoms with Crippen LogP contribution in [0.15, 0.2) is 78.9 Å². The minimum atomic E-state index is -3.63. The van der Waals surface area contributed by atoms with Crippen LogP contribution in [-0.4, -0.2) is 39.4 Å². The smallest absolute Gasteiger partial charge is 0.336 e. The van der Waals surface area contributed by atoms with E-state index in [0.29, 0.717) is 22.4 Å². The normalized spacial score (nSPS) is 13.3. The summed E-state index contributed by atoms with van der Waals surface area (Å²) >= 11 is 0. The number of nitrogen functional groups attached to an aromatic ring is 1. The van der Waals surface area contributed by atoms with Crippen LogP contribution < -0.4 is 21.5 Å². The first-order valence-electron chi connectivity index (χ1n) is 12.3. The molecular formula is C29H26F3N5O4. The summed E-state index contributed by atoms with van der Waals surface area (Å²) in [5, 5.41) is 11.6. The number of hydrogen-bond donors (Lipinski definition) is 4. The molecule has 1 heterocycles. The Labute approximate surface area is 233 Å². The van der Waals surface area contributed by atoms with E-state index < -0.39 is 35.7 Å². The molecule has 212 valence electrons. The molecule has 0 saturated heterocycles. The Morgan fingerprint density at radius 3 is 2.24 bits per heavy atom. The maximum Gasteiger partial charge on any atom is 0.336 e. The fraction of sp³-hybridized carbons (Fsp3) is 0.172. The highest BCUT2D eigenvalue weighted by Gasteiger charge is 2.47. The molecule has 0 spiro atoms. The van der Waals surface area contributed by atoms with E-state index in [9.17, 15) is 18.4 Å². The maximum atomic E-state index is 16.2. The average molecular weight is 566 g/mol. The number of amides is 1. The number of carbonyl (C=O) groups is 2. The Bertz CT molecular complexity index is 1550. The number of alkyl halides is 3. The van der Waals surface area contributed by atoms with Crippen molar-refractivity contribution < 1.29 is 32.6 Å². The summed E-state index contributed by atoms with van der Waals surface area (Å²) in [5.41, 5.74) is 13.2. The topological polar surface area (TPSA) is 153 Å². The number of nitrogens with zero attached hydrogens (tertiary/aromatic N) is 2. The number of nitrogens with one attached hydrogen (secondary N) is 1. The molecule has 0 bridgehead atoms. The zero-order valence-electron chi connectivity index (χ0n) is 21.7. The molecule has 6 N–H and O–H groups in total. The highest BCUT2D eigenvalue weighted by atomic mass is 19.3. The number of halogens is 3. The Kier molecular flexibility index (Phi) is 8.53. The molecule has 1 aromatic heterocycles. The van der Waals surface area contributed by atoms with Crippen LogP contribution in [0.4, 0.5) is 24.8 Å². The largest absolute Gasteiger partial charge is 0.480 e. The van der Waals surface area contributed by atoms with Gasteiger partial charge in [0.1, 0.15) is 6.04 Å². The first kappa shape index (κ1) is 29.0. The fourth-order valence-electron chi connectivity index (χ4n) is 4.13. The zero-order chi connectivity index (χ0) is 29.7. The van der Waals surface area contributed by atoms with E-state index in [-0.39, 0.29) is 29.5 Å². The predicted octanol–water partition coefficient (Wildman–Crippen LogP) is 4.77. The van der Waals surface area contributed by atoms with Gasteiger partial charge in [0.15, 0.2) is 0 Å². The quantitative estimate of drug-likeness (QED) is 0.214. The van der Waals surface area contributed by atoms with E-state index in [2.05, 4.69) is 15.3 Å². The van der Waals surface area contributed by atoms with Gasteiger partial charge in [0, 0.05) is 29.8 Å². The summed E-state index contributed by atoms with van der Waals surface area (Å²) in [4.78, 5) is 30.2. The molecule has 0 aliphatic rings. The summed E-state index contributed by atoms with van der Waals surface area (Å²) in [5.74, 6) is -5.91. The van der Waals surface area contributed by atoms with E-state index in [1.54, 1.807) is 54.6 Å². The molecule has 0 fully saturated rings. The molecule has 0 aliphatic carbocycles. The van der Waals surface area contributed by atoms with Crippen molar-refractivity contribution in [2.45, 2.75) is 31.7 Å². The predicted molar refractivity (Wildman–Crippen MR) is 147 cm³/mol. The van der Waals surface area contributed by atoms with Gasteiger partial charge >= 0.3 is 18.2 Å². The third-order valence-corrected chi connectivity index (χ3v) is 6.09. The van der Waals surface area contributed by atoms with Crippen LogP contribution in [0.5, 0.6) is 5.88 Å². The van der Waals surface area contributed by atoms with Crippen LogP contribution in [0, 0.1) is 0 Å². The first-order valence-corrected chi connectivity index (χ1v) is 12.3. The van der Waals surface area contributed by atoms with Crippen molar-refractivity contribution >= 4 is 23.5 Å². The Morgan fingerprint density at radius 2 is 1.63 bits per heavy atom. The summed E-state index contributed by atoms with van der Waals surface area (Å²) in [7, 11) is 0. The lowest BCUT2D eigenvalue weighted by Crippen LogP contribution is -2.37. The van der Waals surface area contributed by atoms with Gasteiger partial charge in [0.05, 0.1) is 5.69 Å². The van der Waals surface area contributed by atoms with Crippen molar-refractivity contribution in [1.82, 2.24) is 9.97 Å². The van der Waals surface area contributed by atoms with Crippen molar-refractivity contribution in [2.24, 2.45) is 5.73 Å². The highest BCUT2D eigenvalue weighted by molar-refractivity contribution is 5.89. The van der Waals surface area contributed by atoms with Gasteiger partial charge in [-0.2, -0.15) is 9.37 Å². The van der Waals surface area contributed by atoms with Crippen molar-refractivity contribution in [3.8, 4) is 28.3 Å². The van der Waals surface area contributed by atoms with Gasteiger partial charge in [-0.3, -0.25) is 9.59 Å². The molecular weight excluding hydrogens is 539 g/mol. The van der Waals surface area contributed by atoms with Crippen molar-refractivity contribution in [2.75, 3.05) is 11.1 Å². The molecule has 2 atom stereocenters. The van der Waals surface area contributed by atoms with Gasteiger partial charge in [0.25, 0.3) is 0 Å². The van der Waals surface area contributed by atoms with Crippen LogP contribution in [0.2, 0.25) is 0 Å². The van der Waals surface area contributed by atoms with Gasteiger partial charge in [0.2, 0.25) is 17.7 Å². The van der Waals surface area contributed by atoms with Crippen molar-refractivity contribution in [3.63, 3.8) is 0 Å². The Morgan fingerprint density at radius 1 is 1.00 bits per heavy atom. The van der Waals surface area contributed by atoms with Crippen molar-refractivity contribution in [1.29, 1.82) is 0 Å². The van der Waals surface area contributed by atoms with E-state index in [0.717, 1.165) is 0 Å². The van der Waals surface area contributed by atoms with Gasteiger partial charge in [-0.1, -0.05) is 60.7 Å². The zero-order valence-corrected chi connectivity index (χ0v) is 21.7. The maximum absolute atomic E-state index is 16.2. The molecule has 41 heavy (non-hydrogen) atoms. The third kappa shape index (κ3) is 6.79. The number of nitrogens with two attached hydrogens (primary N) is 2. The number of hydrogen-bond acceptors (Lipinski definition) is 7. The Balaban J connectivity index is 1.67. The lowest BCUT2D eigenvalue weighted by atomic mass is 9.94. The van der Waals surface area contributed by atoms with E-state index in [1.807, 2.05) is 0 Å². The number of aromatic nitrogens is 2. The second-order valence-electron chi connectivity index (χ2n) is 9.15. The molecule has 4 rings (SSSR count). The van der Waals surface area contributed by atoms with Crippen LogP contribution in [0.3, 0.4) is 0 Å². The van der Waals surface area contributed by atoms with Crippen LogP contribution in [0.1, 0.15) is 18.1 Å². The van der Waals surface area contributed by atoms with E-state index in [1.165, 1.54) is 31.2 Å².